The number of hydrogen-bond acceptors (Lipinski definition) is 4. The van der Waals surface area contributed by atoms with Crippen LogP contribution in [0.15, 0.2) is 27.7 Å². The Morgan fingerprint density at radius 3 is 2.95 bits per heavy atom. The monoisotopic (exact) mass is 374 g/mol. The minimum atomic E-state index is 0.755. The third-order valence-electron chi connectivity index (χ3n) is 3.78. The van der Waals surface area contributed by atoms with Crippen LogP contribution in [0.4, 0.5) is 5.00 Å². The maximum Gasteiger partial charge on any atom is 0.134 e. The van der Waals surface area contributed by atoms with Gasteiger partial charge < -0.3 is 4.74 Å². The number of benzene rings is 1. The number of halogens is 1. The van der Waals surface area contributed by atoms with Crippen molar-refractivity contribution in [3.05, 3.63) is 44.2 Å². The second-order valence-corrected chi connectivity index (χ2v) is 7.15. The van der Waals surface area contributed by atoms with E-state index in [9.17, 15) is 5.26 Å². The summed E-state index contributed by atoms with van der Waals surface area (Å²) in [7, 11) is 1.64. The van der Waals surface area contributed by atoms with Gasteiger partial charge in [-0.2, -0.15) is 5.26 Å². The number of fused-ring (bicyclic) bond motifs is 1. The van der Waals surface area contributed by atoms with E-state index in [1.165, 1.54) is 23.3 Å². The van der Waals surface area contributed by atoms with Gasteiger partial charge in [0.1, 0.15) is 16.8 Å². The minimum absolute atomic E-state index is 0.755. The van der Waals surface area contributed by atoms with Crippen LogP contribution in [0.5, 0.6) is 5.75 Å². The Bertz CT molecular complexity index is 774. The average molecular weight is 375 g/mol. The number of ether oxygens (including phenoxy) is 1. The summed E-state index contributed by atoms with van der Waals surface area (Å²) in [6, 6.07) is 8.13. The molecule has 0 aliphatic heterocycles. The van der Waals surface area contributed by atoms with Crippen molar-refractivity contribution < 1.29 is 4.74 Å². The molecule has 1 aromatic heterocycles. The number of nitriles is 1. The average Bonchev–Trinajstić information content (AvgIpc) is 2.90. The number of thiophene rings is 1. The van der Waals surface area contributed by atoms with Gasteiger partial charge in [-0.05, 0) is 49.4 Å². The van der Waals surface area contributed by atoms with E-state index in [0.717, 1.165) is 39.2 Å². The molecular weight excluding hydrogens is 360 g/mol. The molecule has 0 atom stereocenters. The summed E-state index contributed by atoms with van der Waals surface area (Å²) in [4.78, 5) is 5.90. The molecule has 2 aromatic rings. The number of aryl methyl sites for hydroxylation is 1. The lowest BCUT2D eigenvalue weighted by Gasteiger charge is -2.09. The topological polar surface area (TPSA) is 45.4 Å². The van der Waals surface area contributed by atoms with Crippen LogP contribution < -0.4 is 4.74 Å². The number of hydrogen-bond donors (Lipinski definition) is 0. The van der Waals surface area contributed by atoms with Gasteiger partial charge in [0, 0.05) is 21.1 Å². The van der Waals surface area contributed by atoms with Crippen molar-refractivity contribution in [2.45, 2.75) is 25.7 Å². The first kappa shape index (κ1) is 15.3. The molecule has 0 saturated carbocycles. The maximum absolute atomic E-state index is 9.46. The summed E-state index contributed by atoms with van der Waals surface area (Å²) in [6.45, 7) is 0. The molecule has 0 unspecified atom stereocenters. The predicted molar refractivity (Wildman–Crippen MR) is 93.6 cm³/mol. The molecule has 1 aliphatic carbocycles. The molecule has 0 N–H and O–H groups in total. The van der Waals surface area contributed by atoms with Crippen molar-refractivity contribution in [2.24, 2.45) is 4.99 Å². The Morgan fingerprint density at radius 2 is 2.18 bits per heavy atom. The first-order valence-corrected chi connectivity index (χ1v) is 8.76. The van der Waals surface area contributed by atoms with E-state index < -0.39 is 0 Å². The fraction of sp³-hybridized carbons (Fsp3) is 0.294. The smallest absolute Gasteiger partial charge is 0.134 e. The van der Waals surface area contributed by atoms with Crippen LogP contribution in [0.1, 0.15) is 34.4 Å². The van der Waals surface area contributed by atoms with Crippen molar-refractivity contribution >= 4 is 38.5 Å². The minimum Gasteiger partial charge on any atom is -0.496 e. The van der Waals surface area contributed by atoms with Crippen molar-refractivity contribution in [3.63, 3.8) is 0 Å². The maximum atomic E-state index is 9.46. The summed E-state index contributed by atoms with van der Waals surface area (Å²) in [5.41, 5.74) is 2.86. The van der Waals surface area contributed by atoms with Crippen molar-refractivity contribution in [1.29, 1.82) is 5.26 Å². The molecule has 1 heterocycles. The lowest BCUT2D eigenvalue weighted by atomic mass is 9.96. The molecular formula is C17H15BrN2OS. The molecule has 0 amide bonds. The highest BCUT2D eigenvalue weighted by atomic mass is 79.9. The summed E-state index contributed by atoms with van der Waals surface area (Å²) in [5, 5.41) is 10.3. The molecule has 0 bridgehead atoms. The van der Waals surface area contributed by atoms with Crippen molar-refractivity contribution in [2.75, 3.05) is 7.11 Å². The van der Waals surface area contributed by atoms with E-state index in [4.69, 9.17) is 4.74 Å². The van der Waals surface area contributed by atoms with Crippen LogP contribution >= 0.6 is 27.3 Å². The number of aliphatic imine (C=N–C) groups is 1. The molecule has 0 radical (unpaired) electrons. The van der Waals surface area contributed by atoms with E-state index in [-0.39, 0.29) is 0 Å². The van der Waals surface area contributed by atoms with Gasteiger partial charge in [-0.15, -0.1) is 11.3 Å². The van der Waals surface area contributed by atoms with Gasteiger partial charge in [-0.1, -0.05) is 15.9 Å². The third kappa shape index (κ3) is 2.94. The molecule has 1 aliphatic rings. The molecule has 3 rings (SSSR count). The Hall–Kier alpha value is -1.64. The number of nitrogens with zero attached hydrogens (tertiary/aromatic N) is 2. The van der Waals surface area contributed by atoms with Gasteiger partial charge in [0.25, 0.3) is 0 Å². The zero-order valence-electron chi connectivity index (χ0n) is 12.2. The third-order valence-corrected chi connectivity index (χ3v) is 5.47. The second-order valence-electron chi connectivity index (χ2n) is 5.15. The Kier molecular flexibility index (Phi) is 4.60. The van der Waals surface area contributed by atoms with Crippen molar-refractivity contribution in [1.82, 2.24) is 0 Å². The van der Waals surface area contributed by atoms with Crippen LogP contribution in [0, 0.1) is 11.3 Å². The number of rotatable bonds is 3. The normalized spacial score (nSPS) is 13.9. The summed E-state index contributed by atoms with van der Waals surface area (Å²) in [5.74, 6) is 0.770. The van der Waals surface area contributed by atoms with Gasteiger partial charge in [0.05, 0.1) is 12.7 Å². The lowest BCUT2D eigenvalue weighted by Crippen LogP contribution is -1.99. The summed E-state index contributed by atoms with van der Waals surface area (Å²) < 4.78 is 6.33. The van der Waals surface area contributed by atoms with Gasteiger partial charge in [-0.25, -0.2) is 4.99 Å². The molecule has 112 valence electrons. The van der Waals surface area contributed by atoms with Gasteiger partial charge in [-0.3, -0.25) is 0 Å². The first-order chi connectivity index (χ1) is 10.7. The van der Waals surface area contributed by atoms with Gasteiger partial charge in [0.15, 0.2) is 0 Å². The quantitative estimate of drug-likeness (QED) is 0.707. The van der Waals surface area contributed by atoms with E-state index in [2.05, 4.69) is 27.0 Å². The highest BCUT2D eigenvalue weighted by Crippen LogP contribution is 2.39. The zero-order chi connectivity index (χ0) is 15.5. The zero-order valence-corrected chi connectivity index (χ0v) is 14.6. The van der Waals surface area contributed by atoms with Crippen LogP contribution in [0.25, 0.3) is 0 Å². The molecule has 0 saturated heterocycles. The van der Waals surface area contributed by atoms with E-state index >= 15 is 0 Å². The highest BCUT2D eigenvalue weighted by Gasteiger charge is 2.20. The van der Waals surface area contributed by atoms with Crippen LogP contribution in [0.2, 0.25) is 0 Å². The summed E-state index contributed by atoms with van der Waals surface area (Å²) >= 11 is 5.11. The van der Waals surface area contributed by atoms with Crippen LogP contribution in [-0.4, -0.2) is 13.3 Å². The van der Waals surface area contributed by atoms with Crippen molar-refractivity contribution in [3.8, 4) is 11.8 Å². The fourth-order valence-corrected chi connectivity index (χ4v) is 4.25. The molecule has 0 fully saturated rings. The second kappa shape index (κ2) is 6.64. The van der Waals surface area contributed by atoms with Crippen LogP contribution in [0.3, 0.4) is 0 Å². The van der Waals surface area contributed by atoms with E-state index in [1.807, 2.05) is 18.2 Å². The first-order valence-electron chi connectivity index (χ1n) is 7.15. The predicted octanol–water partition coefficient (Wildman–Crippen LogP) is 5.02. The fourth-order valence-electron chi connectivity index (χ4n) is 2.69. The highest BCUT2D eigenvalue weighted by molar-refractivity contribution is 9.10. The Morgan fingerprint density at radius 1 is 1.36 bits per heavy atom. The lowest BCUT2D eigenvalue weighted by molar-refractivity contribution is 0.414. The molecule has 1 aromatic carbocycles. The van der Waals surface area contributed by atoms with E-state index in [1.54, 1.807) is 24.7 Å². The van der Waals surface area contributed by atoms with Gasteiger partial charge in [0.2, 0.25) is 0 Å². The largest absolute Gasteiger partial charge is 0.496 e. The standard InChI is InChI=1S/C17H15BrN2OS/c1-21-15-7-6-12(18)8-11(15)10-20-17-14(9-19)13-4-2-3-5-16(13)22-17/h6-8,10H,2-5H2,1H3. The Labute approximate surface area is 142 Å². The SMILES string of the molecule is COc1ccc(Br)cc1C=Nc1sc2c(c1C#N)CCCC2. The van der Waals surface area contributed by atoms with Crippen LogP contribution in [-0.2, 0) is 12.8 Å². The van der Waals surface area contributed by atoms with Gasteiger partial charge >= 0.3 is 0 Å². The number of methoxy groups -OCH3 is 1. The molecule has 5 heteroatoms. The Balaban J connectivity index is 1.98. The summed E-state index contributed by atoms with van der Waals surface area (Å²) in [6.07, 6.45) is 6.23. The molecule has 0 spiro atoms. The molecule has 22 heavy (non-hydrogen) atoms. The molecule has 3 nitrogen and oxygen atoms in total. The van der Waals surface area contributed by atoms with E-state index in [0.29, 0.717) is 0 Å².